The van der Waals surface area contributed by atoms with E-state index in [1.54, 1.807) is 0 Å². The third kappa shape index (κ3) is 7.12. The Hall–Kier alpha value is -5.23. The van der Waals surface area contributed by atoms with Gasteiger partial charge in [-0.05, 0) is 90.8 Å². The minimum absolute atomic E-state index is 0.0151. The van der Waals surface area contributed by atoms with Gasteiger partial charge in [0.15, 0.2) is 0 Å². The van der Waals surface area contributed by atoms with Crippen LogP contribution in [0.1, 0.15) is 103 Å². The van der Waals surface area contributed by atoms with Gasteiger partial charge in [-0.3, -0.25) is 0 Å². The van der Waals surface area contributed by atoms with Crippen molar-refractivity contribution in [2.75, 3.05) is 16.0 Å². The fraction of sp³-hybridized carbons (Fsp3) is 0.326. The molecule has 7 rings (SSSR count). The van der Waals surface area contributed by atoms with Gasteiger partial charge in [0.25, 0.3) is 0 Å². The van der Waals surface area contributed by atoms with E-state index in [0.717, 1.165) is 36.5 Å². The molecule has 0 fully saturated rings. The summed E-state index contributed by atoms with van der Waals surface area (Å²) < 4.78 is 0. The highest BCUT2D eigenvalue weighted by Crippen LogP contribution is 2.56. The molecule has 6 nitrogen and oxygen atoms in total. The number of aromatic nitrogens is 3. The van der Waals surface area contributed by atoms with E-state index in [9.17, 15) is 0 Å². The quantitative estimate of drug-likeness (QED) is 0.126. The van der Waals surface area contributed by atoms with Crippen LogP contribution in [0.5, 0.6) is 0 Å². The van der Waals surface area contributed by atoms with Crippen molar-refractivity contribution in [3.8, 4) is 11.1 Å². The van der Waals surface area contributed by atoms with Gasteiger partial charge in [0.2, 0.25) is 11.9 Å². The van der Waals surface area contributed by atoms with Crippen LogP contribution in [0.3, 0.4) is 0 Å². The number of anilines is 4. The molecule has 2 aliphatic carbocycles. The van der Waals surface area contributed by atoms with Crippen LogP contribution in [0.4, 0.5) is 23.3 Å². The Kier molecular flexibility index (Phi) is 10.7. The van der Waals surface area contributed by atoms with Crippen LogP contribution in [0, 0.1) is 0 Å². The van der Waals surface area contributed by atoms with Crippen molar-refractivity contribution in [3.63, 3.8) is 0 Å². The number of nitrogens with one attached hydrogen (secondary N) is 3. The fourth-order valence-corrected chi connectivity index (χ4v) is 7.05. The van der Waals surface area contributed by atoms with E-state index in [1.807, 2.05) is 13.8 Å². The van der Waals surface area contributed by atoms with Crippen LogP contribution in [0.2, 0.25) is 0 Å². The van der Waals surface area contributed by atoms with Crippen LogP contribution >= 0.6 is 0 Å². The molecule has 1 heterocycles. The Morgan fingerprint density at radius 2 is 1.21 bits per heavy atom. The van der Waals surface area contributed by atoms with E-state index in [1.165, 1.54) is 33.4 Å². The minimum Gasteiger partial charge on any atom is -0.380 e. The summed E-state index contributed by atoms with van der Waals surface area (Å²) in [6.45, 7) is 17.2. The van der Waals surface area contributed by atoms with Gasteiger partial charge < -0.3 is 16.0 Å². The molecule has 0 amide bonds. The molecule has 1 aromatic heterocycles. The molecule has 0 radical (unpaired) electrons. The van der Waals surface area contributed by atoms with E-state index < -0.39 is 5.41 Å². The molecule has 1 atom stereocenters. The van der Waals surface area contributed by atoms with Crippen LogP contribution in [-0.2, 0) is 10.8 Å². The van der Waals surface area contributed by atoms with E-state index in [0.29, 0.717) is 11.9 Å². The molecule has 2 aliphatic rings. The molecule has 3 N–H and O–H groups in total. The first-order valence-electron chi connectivity index (χ1n) is 18.9. The summed E-state index contributed by atoms with van der Waals surface area (Å²) in [5, 5.41) is 10.7. The highest BCUT2D eigenvalue weighted by molar-refractivity contribution is 5.86. The first-order chi connectivity index (χ1) is 25.1. The molecular weight excluding hydrogens is 637 g/mol. The summed E-state index contributed by atoms with van der Waals surface area (Å²) >= 11 is 0. The number of fused-ring (bicyclic) bond motifs is 3. The second-order valence-electron chi connectivity index (χ2n) is 14.8. The second-order valence-corrected chi connectivity index (χ2v) is 14.8. The molecule has 0 spiro atoms. The number of benzene rings is 4. The molecule has 5 aromatic rings. The topological polar surface area (TPSA) is 74.8 Å². The standard InChI is InChI=1S/C44H48N6.C2H6/c1-7-42(3,4)39-47-40(45-32-16-10-9-11-17-32)49-41(48-39)46-33-26-22-30(23-27-33)44(31-24-28-34(29-25-31)50-43(5,6)8-2)37-20-14-12-18-35(37)36-19-13-15-21-38(36)44;1-2/h9-16,18-29,32,50H,7-8,17H2,1-6H3,(H2,45,46,47,48,49);1-2H3. The van der Waals surface area contributed by atoms with Gasteiger partial charge in [0.05, 0.1) is 11.5 Å². The van der Waals surface area contributed by atoms with Crippen molar-refractivity contribution in [2.45, 2.75) is 97.1 Å². The molecule has 268 valence electrons. The van der Waals surface area contributed by atoms with Crippen molar-refractivity contribution in [1.29, 1.82) is 0 Å². The summed E-state index contributed by atoms with van der Waals surface area (Å²) in [5.41, 5.74) is 8.97. The predicted molar refractivity (Wildman–Crippen MR) is 220 cm³/mol. The van der Waals surface area contributed by atoms with Crippen molar-refractivity contribution in [2.24, 2.45) is 0 Å². The monoisotopic (exact) mass is 690 g/mol. The Balaban J connectivity index is 0.00000228. The van der Waals surface area contributed by atoms with Crippen molar-refractivity contribution >= 4 is 23.3 Å². The molecule has 0 saturated carbocycles. The Morgan fingerprint density at radius 3 is 1.75 bits per heavy atom. The van der Waals surface area contributed by atoms with E-state index in [-0.39, 0.29) is 17.0 Å². The lowest BCUT2D eigenvalue weighted by Crippen LogP contribution is -2.30. The van der Waals surface area contributed by atoms with Gasteiger partial charge in [0, 0.05) is 22.3 Å². The lowest BCUT2D eigenvalue weighted by Gasteiger charge is -2.34. The van der Waals surface area contributed by atoms with Crippen LogP contribution in [0.25, 0.3) is 11.1 Å². The number of nitrogens with zero attached hydrogens (tertiary/aromatic N) is 3. The number of hydrogen-bond donors (Lipinski definition) is 3. The van der Waals surface area contributed by atoms with E-state index in [4.69, 9.17) is 15.0 Å². The zero-order chi connectivity index (χ0) is 36.9. The Morgan fingerprint density at radius 1 is 0.654 bits per heavy atom. The maximum Gasteiger partial charge on any atom is 0.232 e. The highest BCUT2D eigenvalue weighted by Gasteiger charge is 2.45. The number of rotatable bonds is 11. The fourth-order valence-electron chi connectivity index (χ4n) is 7.05. The molecule has 52 heavy (non-hydrogen) atoms. The van der Waals surface area contributed by atoms with Crippen molar-refractivity contribution < 1.29 is 0 Å². The molecule has 6 heteroatoms. The first kappa shape index (κ1) is 36.6. The zero-order valence-electron chi connectivity index (χ0n) is 32.1. The Labute approximate surface area is 311 Å². The predicted octanol–water partition coefficient (Wildman–Crippen LogP) is 11.6. The summed E-state index contributed by atoms with van der Waals surface area (Å²) in [4.78, 5) is 14.6. The molecular formula is C46H54N6. The zero-order valence-corrected chi connectivity index (χ0v) is 32.1. The minimum atomic E-state index is -0.477. The maximum absolute atomic E-state index is 4.91. The van der Waals surface area contributed by atoms with E-state index >= 15 is 0 Å². The van der Waals surface area contributed by atoms with Crippen LogP contribution < -0.4 is 16.0 Å². The maximum atomic E-state index is 4.91. The van der Waals surface area contributed by atoms with Gasteiger partial charge in [-0.1, -0.05) is 139 Å². The van der Waals surface area contributed by atoms with Gasteiger partial charge in [0.1, 0.15) is 5.82 Å². The largest absolute Gasteiger partial charge is 0.380 e. The Bertz CT molecular complexity index is 1990. The summed E-state index contributed by atoms with van der Waals surface area (Å²) in [6.07, 6.45) is 11.3. The van der Waals surface area contributed by atoms with Crippen molar-refractivity contribution in [1.82, 2.24) is 15.0 Å². The number of hydrogen-bond acceptors (Lipinski definition) is 6. The first-order valence-corrected chi connectivity index (χ1v) is 18.9. The molecule has 0 aliphatic heterocycles. The third-order valence-electron chi connectivity index (χ3n) is 10.6. The summed E-state index contributed by atoms with van der Waals surface area (Å²) in [7, 11) is 0. The van der Waals surface area contributed by atoms with Gasteiger partial charge >= 0.3 is 0 Å². The summed E-state index contributed by atoms with van der Waals surface area (Å²) in [6, 6.07) is 35.7. The van der Waals surface area contributed by atoms with Gasteiger partial charge in [-0.2, -0.15) is 15.0 Å². The normalized spacial score (nSPS) is 15.6. The second kappa shape index (κ2) is 15.2. The molecule has 4 aromatic carbocycles. The van der Waals surface area contributed by atoms with Crippen LogP contribution in [-0.4, -0.2) is 26.5 Å². The SMILES string of the molecule is CC.CCC(C)(C)Nc1ccc(C2(c3ccc(Nc4nc(NC5C=CC=CC5)nc(C(C)(C)CC)n4)cc3)c3ccccc3-c3ccccc32)cc1. The average Bonchev–Trinajstić information content (AvgIpc) is 3.47. The van der Waals surface area contributed by atoms with Crippen molar-refractivity contribution in [3.05, 3.63) is 149 Å². The molecule has 0 bridgehead atoms. The smallest absolute Gasteiger partial charge is 0.232 e. The summed E-state index contributed by atoms with van der Waals surface area (Å²) in [5.74, 6) is 1.88. The molecule has 0 saturated heterocycles. The van der Waals surface area contributed by atoms with Gasteiger partial charge in [-0.15, -0.1) is 0 Å². The highest BCUT2D eigenvalue weighted by atomic mass is 15.2. The molecule has 1 unspecified atom stereocenters. The van der Waals surface area contributed by atoms with Crippen LogP contribution in [0.15, 0.2) is 121 Å². The third-order valence-corrected chi connectivity index (χ3v) is 10.6. The van der Waals surface area contributed by atoms with Gasteiger partial charge in [-0.25, -0.2) is 0 Å². The lowest BCUT2D eigenvalue weighted by molar-refractivity contribution is 0.472. The lowest BCUT2D eigenvalue weighted by atomic mass is 9.67. The number of allylic oxidation sites excluding steroid dienone is 2. The van der Waals surface area contributed by atoms with E-state index in [2.05, 4.69) is 179 Å². The average molecular weight is 691 g/mol.